The number of nitrogens with one attached hydrogen (secondary N) is 1. The number of anilines is 1. The highest BCUT2D eigenvalue weighted by atomic mass is 16.1. The standard InChI is InChI=1S/C13H17N3O/c1-16(2)9-5-8-13(17)15-12-7-4-3-6-11(12)10-14/h3-4,6-7H,5,8-9H2,1-2H3,(H,15,17). The molecule has 1 aromatic rings. The highest BCUT2D eigenvalue weighted by Crippen LogP contribution is 2.13. The summed E-state index contributed by atoms with van der Waals surface area (Å²) in [6, 6.07) is 9.06. The first-order valence-corrected chi connectivity index (χ1v) is 5.57. The molecule has 0 unspecified atom stereocenters. The molecule has 1 rings (SSSR count). The van der Waals surface area contributed by atoms with Gasteiger partial charge in [-0.15, -0.1) is 0 Å². The van der Waals surface area contributed by atoms with E-state index in [1.54, 1.807) is 24.3 Å². The van der Waals surface area contributed by atoms with Crippen LogP contribution in [0.2, 0.25) is 0 Å². The van der Waals surface area contributed by atoms with Crippen molar-refractivity contribution in [2.24, 2.45) is 0 Å². The van der Waals surface area contributed by atoms with Crippen molar-refractivity contribution in [1.82, 2.24) is 4.90 Å². The van der Waals surface area contributed by atoms with Gasteiger partial charge in [0.25, 0.3) is 0 Å². The molecule has 0 aromatic heterocycles. The van der Waals surface area contributed by atoms with Crippen LogP contribution in [-0.2, 0) is 4.79 Å². The Balaban J connectivity index is 2.48. The molecule has 4 nitrogen and oxygen atoms in total. The summed E-state index contributed by atoms with van der Waals surface area (Å²) < 4.78 is 0. The van der Waals surface area contributed by atoms with E-state index in [2.05, 4.69) is 11.4 Å². The number of amides is 1. The number of nitrogens with zero attached hydrogens (tertiary/aromatic N) is 2. The molecular formula is C13H17N3O. The Morgan fingerprint density at radius 1 is 1.41 bits per heavy atom. The molecule has 0 fully saturated rings. The van der Waals surface area contributed by atoms with Crippen LogP contribution in [0.4, 0.5) is 5.69 Å². The monoisotopic (exact) mass is 231 g/mol. The van der Waals surface area contributed by atoms with Crippen LogP contribution < -0.4 is 5.32 Å². The number of hydrogen-bond acceptors (Lipinski definition) is 3. The normalized spacial score (nSPS) is 10.0. The summed E-state index contributed by atoms with van der Waals surface area (Å²) in [5, 5.41) is 11.6. The molecule has 1 N–H and O–H groups in total. The molecule has 1 aromatic carbocycles. The molecule has 0 aliphatic carbocycles. The second-order valence-electron chi connectivity index (χ2n) is 4.11. The number of hydrogen-bond donors (Lipinski definition) is 1. The van der Waals surface area contributed by atoms with Gasteiger partial charge in [-0.25, -0.2) is 0 Å². The minimum absolute atomic E-state index is 0.0467. The first-order valence-electron chi connectivity index (χ1n) is 5.57. The van der Waals surface area contributed by atoms with Gasteiger partial charge in [0, 0.05) is 6.42 Å². The number of nitriles is 1. The molecule has 90 valence electrons. The zero-order valence-corrected chi connectivity index (χ0v) is 10.2. The maximum Gasteiger partial charge on any atom is 0.224 e. The van der Waals surface area contributed by atoms with E-state index in [1.165, 1.54) is 0 Å². The van der Waals surface area contributed by atoms with E-state index in [0.717, 1.165) is 13.0 Å². The van der Waals surface area contributed by atoms with E-state index >= 15 is 0 Å². The Bertz CT molecular complexity index is 421. The molecule has 0 saturated carbocycles. The molecule has 0 aliphatic rings. The van der Waals surface area contributed by atoms with Crippen LogP contribution in [0.15, 0.2) is 24.3 Å². The van der Waals surface area contributed by atoms with Gasteiger partial charge in [0.2, 0.25) is 5.91 Å². The SMILES string of the molecule is CN(C)CCCC(=O)Nc1ccccc1C#N. The van der Waals surface area contributed by atoms with Gasteiger partial charge in [0.05, 0.1) is 11.3 Å². The van der Waals surface area contributed by atoms with E-state index < -0.39 is 0 Å². The summed E-state index contributed by atoms with van der Waals surface area (Å²) in [5.41, 5.74) is 1.08. The van der Waals surface area contributed by atoms with Gasteiger partial charge < -0.3 is 10.2 Å². The van der Waals surface area contributed by atoms with Crippen LogP contribution in [0.25, 0.3) is 0 Å². The number of benzene rings is 1. The van der Waals surface area contributed by atoms with Crippen LogP contribution >= 0.6 is 0 Å². The van der Waals surface area contributed by atoms with Crippen molar-refractivity contribution in [2.45, 2.75) is 12.8 Å². The van der Waals surface area contributed by atoms with Crippen molar-refractivity contribution < 1.29 is 4.79 Å². The first-order chi connectivity index (χ1) is 8.13. The predicted octanol–water partition coefficient (Wildman–Crippen LogP) is 1.84. The summed E-state index contributed by atoms with van der Waals surface area (Å²) in [4.78, 5) is 13.7. The van der Waals surface area contributed by atoms with Crippen molar-refractivity contribution >= 4 is 11.6 Å². The molecule has 1 amide bonds. The number of carbonyl (C=O) groups is 1. The van der Waals surface area contributed by atoms with Crippen LogP contribution in [0.3, 0.4) is 0 Å². The minimum Gasteiger partial charge on any atom is -0.325 e. The Kier molecular flexibility index (Phi) is 5.18. The predicted molar refractivity (Wildman–Crippen MR) is 67.6 cm³/mol. The third-order valence-electron chi connectivity index (χ3n) is 2.33. The van der Waals surface area contributed by atoms with Crippen molar-refractivity contribution in [2.75, 3.05) is 26.0 Å². The largest absolute Gasteiger partial charge is 0.325 e. The molecule has 0 bridgehead atoms. The van der Waals surface area contributed by atoms with Crippen LogP contribution in [0.5, 0.6) is 0 Å². The molecule has 0 radical (unpaired) electrons. The van der Waals surface area contributed by atoms with Crippen molar-refractivity contribution in [1.29, 1.82) is 5.26 Å². The van der Waals surface area contributed by atoms with Crippen LogP contribution in [-0.4, -0.2) is 31.4 Å². The zero-order chi connectivity index (χ0) is 12.7. The molecule has 4 heteroatoms. The van der Waals surface area contributed by atoms with Gasteiger partial charge in [-0.1, -0.05) is 12.1 Å². The van der Waals surface area contributed by atoms with Gasteiger partial charge in [0.15, 0.2) is 0 Å². The molecule has 0 spiro atoms. The quantitative estimate of drug-likeness (QED) is 0.841. The lowest BCUT2D eigenvalue weighted by Gasteiger charge is -2.09. The second kappa shape index (κ2) is 6.66. The smallest absolute Gasteiger partial charge is 0.224 e. The van der Waals surface area contributed by atoms with Crippen LogP contribution in [0, 0.1) is 11.3 Å². The van der Waals surface area contributed by atoms with Crippen molar-refractivity contribution in [3.63, 3.8) is 0 Å². The summed E-state index contributed by atoms with van der Waals surface area (Å²) in [7, 11) is 3.95. The summed E-state index contributed by atoms with van der Waals surface area (Å²) >= 11 is 0. The third kappa shape index (κ3) is 4.66. The van der Waals surface area contributed by atoms with Gasteiger partial charge in [-0.2, -0.15) is 5.26 Å². The number of para-hydroxylation sites is 1. The highest BCUT2D eigenvalue weighted by molar-refractivity contribution is 5.92. The van der Waals surface area contributed by atoms with E-state index in [1.807, 2.05) is 19.0 Å². The van der Waals surface area contributed by atoms with E-state index in [9.17, 15) is 4.79 Å². The van der Waals surface area contributed by atoms with Gasteiger partial charge in [-0.3, -0.25) is 4.79 Å². The van der Waals surface area contributed by atoms with Crippen molar-refractivity contribution in [3.8, 4) is 6.07 Å². The average molecular weight is 231 g/mol. The van der Waals surface area contributed by atoms with E-state index in [0.29, 0.717) is 17.7 Å². The molecule has 0 heterocycles. The summed E-state index contributed by atoms with van der Waals surface area (Å²) in [6.07, 6.45) is 1.28. The fourth-order valence-corrected chi connectivity index (χ4v) is 1.46. The zero-order valence-electron chi connectivity index (χ0n) is 10.2. The lowest BCUT2D eigenvalue weighted by atomic mass is 10.2. The first kappa shape index (κ1) is 13.2. The fraction of sp³-hybridized carbons (Fsp3) is 0.385. The average Bonchev–Trinajstić information content (AvgIpc) is 2.29. The fourth-order valence-electron chi connectivity index (χ4n) is 1.46. The summed E-state index contributed by atoms with van der Waals surface area (Å²) in [5.74, 6) is -0.0467. The molecule has 17 heavy (non-hydrogen) atoms. The number of rotatable bonds is 5. The minimum atomic E-state index is -0.0467. The third-order valence-corrected chi connectivity index (χ3v) is 2.33. The van der Waals surface area contributed by atoms with Gasteiger partial charge >= 0.3 is 0 Å². The Morgan fingerprint density at radius 3 is 2.76 bits per heavy atom. The molecular weight excluding hydrogens is 214 g/mol. The van der Waals surface area contributed by atoms with E-state index in [-0.39, 0.29) is 5.91 Å². The van der Waals surface area contributed by atoms with Crippen molar-refractivity contribution in [3.05, 3.63) is 29.8 Å². The molecule has 0 aliphatic heterocycles. The molecule has 0 atom stereocenters. The lowest BCUT2D eigenvalue weighted by molar-refractivity contribution is -0.116. The summed E-state index contributed by atoms with van der Waals surface area (Å²) in [6.45, 7) is 0.882. The maximum atomic E-state index is 11.6. The Morgan fingerprint density at radius 2 is 2.12 bits per heavy atom. The lowest BCUT2D eigenvalue weighted by Crippen LogP contribution is -2.17. The molecule has 0 saturated heterocycles. The topological polar surface area (TPSA) is 56.1 Å². The van der Waals surface area contributed by atoms with Gasteiger partial charge in [-0.05, 0) is 39.2 Å². The van der Waals surface area contributed by atoms with Gasteiger partial charge in [0.1, 0.15) is 6.07 Å². The van der Waals surface area contributed by atoms with E-state index in [4.69, 9.17) is 5.26 Å². The number of carbonyl (C=O) groups excluding carboxylic acids is 1. The Hall–Kier alpha value is -1.86. The Labute approximate surface area is 102 Å². The van der Waals surface area contributed by atoms with Crippen LogP contribution in [0.1, 0.15) is 18.4 Å². The highest BCUT2D eigenvalue weighted by Gasteiger charge is 2.05. The maximum absolute atomic E-state index is 11.6. The second-order valence-corrected chi connectivity index (χ2v) is 4.11.